The topological polar surface area (TPSA) is 39.2 Å². The average Bonchev–Trinajstić information content (AvgIpc) is 2.36. The van der Waals surface area contributed by atoms with Crippen LogP contribution in [0.5, 0.6) is 0 Å². The average molecular weight is 245 g/mol. The molecule has 0 aromatic carbocycles. The van der Waals surface area contributed by atoms with Crippen molar-refractivity contribution in [3.63, 3.8) is 0 Å². The summed E-state index contributed by atoms with van der Waals surface area (Å²) in [6.07, 6.45) is 7.00. The molecule has 2 fully saturated rings. The van der Waals surface area contributed by atoms with Gasteiger partial charge < -0.3 is 4.74 Å². The summed E-state index contributed by atoms with van der Waals surface area (Å²) in [6, 6.07) is 3.73. The molecule has 1 spiro atoms. The molecule has 3 rings (SSSR count). The molecule has 2 aliphatic rings. The van der Waals surface area contributed by atoms with Crippen LogP contribution in [0.3, 0.4) is 0 Å². The van der Waals surface area contributed by atoms with Gasteiger partial charge in [-0.1, -0.05) is 0 Å². The van der Waals surface area contributed by atoms with Gasteiger partial charge in [-0.05, 0) is 51.2 Å². The number of ether oxygens (including phenoxy) is 1. The molecule has 1 atom stereocenters. The van der Waals surface area contributed by atoms with Crippen LogP contribution in [-0.2, 0) is 4.74 Å². The smallest absolute Gasteiger partial charge is 0.166 e. The van der Waals surface area contributed by atoms with E-state index in [0.29, 0.717) is 0 Å². The van der Waals surface area contributed by atoms with Crippen LogP contribution in [0, 0.1) is 12.8 Å². The summed E-state index contributed by atoms with van der Waals surface area (Å²) in [5.74, 6) is 0.413. The molecule has 1 aromatic rings. The molecular weight excluding hydrogens is 226 g/mol. The summed E-state index contributed by atoms with van der Waals surface area (Å²) in [5.41, 5.74) is 1.76. The number of carbonyl (C=O) groups excluding carboxylic acids is 1. The Labute approximate surface area is 108 Å². The highest BCUT2D eigenvalue weighted by atomic mass is 16.5. The minimum absolute atomic E-state index is 0.0423. The molecule has 18 heavy (non-hydrogen) atoms. The van der Waals surface area contributed by atoms with E-state index in [0.717, 1.165) is 43.5 Å². The van der Waals surface area contributed by atoms with Crippen molar-refractivity contribution in [2.45, 2.75) is 44.6 Å². The largest absolute Gasteiger partial charge is 0.375 e. The Balaban J connectivity index is 1.76. The lowest BCUT2D eigenvalue weighted by Crippen LogP contribution is -2.47. The molecule has 1 saturated heterocycles. The van der Waals surface area contributed by atoms with E-state index >= 15 is 0 Å². The summed E-state index contributed by atoms with van der Waals surface area (Å²) < 4.78 is 5.88. The SMILES string of the molecule is Cc1cc(C(=O)C2CCOC3(CCC3)C2)ccn1. The fourth-order valence-corrected chi connectivity index (χ4v) is 3.11. The fraction of sp³-hybridized carbons (Fsp3) is 0.600. The van der Waals surface area contributed by atoms with Gasteiger partial charge in [0, 0.05) is 30.0 Å². The third-order valence-electron chi connectivity index (χ3n) is 4.31. The lowest BCUT2D eigenvalue weighted by atomic mass is 9.70. The first-order valence-electron chi connectivity index (χ1n) is 6.79. The molecule has 0 bridgehead atoms. The number of carbonyl (C=O) groups is 1. The number of ketones is 1. The molecule has 3 nitrogen and oxygen atoms in total. The third kappa shape index (κ3) is 2.07. The highest BCUT2D eigenvalue weighted by Gasteiger charge is 2.44. The maximum atomic E-state index is 12.5. The van der Waals surface area contributed by atoms with Crippen LogP contribution in [0.2, 0.25) is 0 Å². The zero-order valence-electron chi connectivity index (χ0n) is 10.8. The van der Waals surface area contributed by atoms with Gasteiger partial charge in [0.15, 0.2) is 5.78 Å². The number of nitrogens with zero attached hydrogens (tertiary/aromatic N) is 1. The lowest BCUT2D eigenvalue weighted by Gasteiger charge is -2.46. The van der Waals surface area contributed by atoms with E-state index in [1.165, 1.54) is 6.42 Å². The summed E-state index contributed by atoms with van der Waals surface area (Å²) in [4.78, 5) is 16.6. The zero-order chi connectivity index (χ0) is 12.6. The van der Waals surface area contributed by atoms with Crippen LogP contribution in [0.4, 0.5) is 0 Å². The van der Waals surface area contributed by atoms with Gasteiger partial charge >= 0.3 is 0 Å². The first-order valence-corrected chi connectivity index (χ1v) is 6.79. The van der Waals surface area contributed by atoms with Crippen molar-refractivity contribution in [2.75, 3.05) is 6.61 Å². The Hall–Kier alpha value is -1.22. The van der Waals surface area contributed by atoms with Gasteiger partial charge in [-0.15, -0.1) is 0 Å². The van der Waals surface area contributed by atoms with Crippen molar-refractivity contribution >= 4 is 5.78 Å². The third-order valence-corrected chi connectivity index (χ3v) is 4.31. The second-order valence-electron chi connectivity index (χ2n) is 5.62. The molecule has 0 amide bonds. The second kappa shape index (κ2) is 4.47. The summed E-state index contributed by atoms with van der Waals surface area (Å²) in [6.45, 7) is 2.66. The number of hydrogen-bond donors (Lipinski definition) is 0. The molecule has 1 unspecified atom stereocenters. The van der Waals surface area contributed by atoms with E-state index in [1.54, 1.807) is 6.20 Å². The number of rotatable bonds is 2. The van der Waals surface area contributed by atoms with Crippen LogP contribution >= 0.6 is 0 Å². The number of hydrogen-bond acceptors (Lipinski definition) is 3. The summed E-state index contributed by atoms with van der Waals surface area (Å²) in [7, 11) is 0. The molecule has 1 aromatic heterocycles. The van der Waals surface area contributed by atoms with Gasteiger partial charge in [0.05, 0.1) is 5.60 Å². The fourth-order valence-electron chi connectivity index (χ4n) is 3.11. The summed E-state index contributed by atoms with van der Waals surface area (Å²) in [5, 5.41) is 0. The molecule has 3 heteroatoms. The van der Waals surface area contributed by atoms with Crippen molar-refractivity contribution < 1.29 is 9.53 Å². The van der Waals surface area contributed by atoms with Gasteiger partial charge in [-0.2, -0.15) is 0 Å². The van der Waals surface area contributed by atoms with Crippen molar-refractivity contribution in [2.24, 2.45) is 5.92 Å². The predicted molar refractivity (Wildman–Crippen MR) is 68.6 cm³/mol. The first kappa shape index (κ1) is 11.8. The lowest BCUT2D eigenvalue weighted by molar-refractivity contribution is -0.137. The summed E-state index contributed by atoms with van der Waals surface area (Å²) >= 11 is 0. The van der Waals surface area contributed by atoms with Crippen LogP contribution in [0.25, 0.3) is 0 Å². The number of Topliss-reactive ketones (excluding diaryl/α,β-unsaturated/α-hetero) is 1. The Morgan fingerprint density at radius 2 is 2.33 bits per heavy atom. The molecule has 1 saturated carbocycles. The molecular formula is C15H19NO2. The van der Waals surface area contributed by atoms with E-state index in [4.69, 9.17) is 4.74 Å². The molecule has 0 radical (unpaired) electrons. The second-order valence-corrected chi connectivity index (χ2v) is 5.62. The van der Waals surface area contributed by atoms with Crippen molar-refractivity contribution in [3.05, 3.63) is 29.6 Å². The van der Waals surface area contributed by atoms with E-state index < -0.39 is 0 Å². The van der Waals surface area contributed by atoms with Crippen molar-refractivity contribution in [1.29, 1.82) is 0 Å². The Morgan fingerprint density at radius 1 is 1.50 bits per heavy atom. The van der Waals surface area contributed by atoms with Crippen LogP contribution in [-0.4, -0.2) is 23.0 Å². The maximum Gasteiger partial charge on any atom is 0.166 e. The minimum atomic E-state index is 0.0423. The van der Waals surface area contributed by atoms with Crippen LogP contribution in [0.15, 0.2) is 18.3 Å². The van der Waals surface area contributed by atoms with Crippen molar-refractivity contribution in [3.8, 4) is 0 Å². The molecule has 1 aliphatic carbocycles. The predicted octanol–water partition coefficient (Wildman–Crippen LogP) is 2.92. The number of pyridine rings is 1. The monoisotopic (exact) mass is 245 g/mol. The van der Waals surface area contributed by atoms with Gasteiger partial charge in [0.2, 0.25) is 0 Å². The van der Waals surface area contributed by atoms with Gasteiger partial charge in [0.25, 0.3) is 0 Å². The molecule has 96 valence electrons. The van der Waals surface area contributed by atoms with E-state index in [1.807, 2.05) is 19.1 Å². The Kier molecular flexibility index (Phi) is 2.94. The molecule has 0 N–H and O–H groups in total. The van der Waals surface area contributed by atoms with Crippen LogP contribution in [0.1, 0.15) is 48.2 Å². The molecule has 2 heterocycles. The highest BCUT2D eigenvalue weighted by molar-refractivity contribution is 5.98. The van der Waals surface area contributed by atoms with E-state index in [9.17, 15) is 4.79 Å². The van der Waals surface area contributed by atoms with E-state index in [2.05, 4.69) is 4.98 Å². The number of aromatic nitrogens is 1. The van der Waals surface area contributed by atoms with Gasteiger partial charge in [-0.3, -0.25) is 9.78 Å². The first-order chi connectivity index (χ1) is 8.69. The minimum Gasteiger partial charge on any atom is -0.375 e. The zero-order valence-corrected chi connectivity index (χ0v) is 10.8. The van der Waals surface area contributed by atoms with E-state index in [-0.39, 0.29) is 17.3 Å². The van der Waals surface area contributed by atoms with Crippen LogP contribution < -0.4 is 0 Å². The highest BCUT2D eigenvalue weighted by Crippen LogP contribution is 2.44. The Morgan fingerprint density at radius 3 is 3.00 bits per heavy atom. The Bertz CT molecular complexity index is 465. The quantitative estimate of drug-likeness (QED) is 0.752. The number of aryl methyl sites for hydroxylation is 1. The maximum absolute atomic E-state index is 12.5. The normalized spacial score (nSPS) is 25.7. The van der Waals surface area contributed by atoms with Gasteiger partial charge in [-0.25, -0.2) is 0 Å². The van der Waals surface area contributed by atoms with Crippen molar-refractivity contribution in [1.82, 2.24) is 4.98 Å². The molecule has 1 aliphatic heterocycles. The van der Waals surface area contributed by atoms with Gasteiger partial charge in [0.1, 0.15) is 0 Å². The standard InChI is InChI=1S/C15H19NO2/c1-11-9-12(3-7-16-11)14(17)13-4-8-18-15(10-13)5-2-6-15/h3,7,9,13H,2,4-6,8,10H2,1H3.